The van der Waals surface area contributed by atoms with E-state index in [9.17, 15) is 18.0 Å². The normalized spacial score (nSPS) is 21.2. The van der Waals surface area contributed by atoms with Crippen molar-refractivity contribution in [3.8, 4) is 0 Å². The maximum absolute atomic E-state index is 12.4. The molecule has 1 amide bonds. The number of nitrogens with zero attached hydrogens (tertiary/aromatic N) is 1. The van der Waals surface area contributed by atoms with E-state index >= 15 is 0 Å². The highest BCUT2D eigenvalue weighted by molar-refractivity contribution is 7.91. The van der Waals surface area contributed by atoms with Crippen molar-refractivity contribution in [2.45, 2.75) is 25.8 Å². The van der Waals surface area contributed by atoms with Crippen LogP contribution >= 0.6 is 0 Å². The minimum absolute atomic E-state index is 0.0126. The molecule has 0 spiro atoms. The minimum atomic E-state index is -3.31. The van der Waals surface area contributed by atoms with E-state index in [1.807, 2.05) is 6.92 Å². The Morgan fingerprint density at radius 2 is 2.14 bits per heavy atom. The van der Waals surface area contributed by atoms with Gasteiger partial charge in [0.25, 0.3) is 5.91 Å². The molecule has 1 aromatic heterocycles. The zero-order chi connectivity index (χ0) is 15.6. The van der Waals surface area contributed by atoms with Gasteiger partial charge >= 0.3 is 5.97 Å². The Morgan fingerprint density at radius 1 is 1.43 bits per heavy atom. The van der Waals surface area contributed by atoms with Crippen LogP contribution in [-0.4, -0.2) is 54.4 Å². The van der Waals surface area contributed by atoms with Crippen molar-refractivity contribution in [1.82, 2.24) is 4.90 Å². The van der Waals surface area contributed by atoms with Gasteiger partial charge in [0.15, 0.2) is 15.6 Å². The second-order valence-electron chi connectivity index (χ2n) is 4.98. The van der Waals surface area contributed by atoms with Crippen LogP contribution in [0.4, 0.5) is 0 Å². The number of furan rings is 1. The molecule has 1 fully saturated rings. The van der Waals surface area contributed by atoms with Gasteiger partial charge in [0.1, 0.15) is 5.76 Å². The second kappa shape index (κ2) is 5.88. The third kappa shape index (κ3) is 3.63. The highest BCUT2D eigenvalue weighted by Gasteiger charge is 2.36. The molecule has 0 bridgehead atoms. The quantitative estimate of drug-likeness (QED) is 0.870. The van der Waals surface area contributed by atoms with Gasteiger partial charge in [-0.2, -0.15) is 0 Å². The lowest BCUT2D eigenvalue weighted by Crippen LogP contribution is -2.51. The van der Waals surface area contributed by atoms with Gasteiger partial charge in [-0.3, -0.25) is 9.59 Å². The predicted molar refractivity (Wildman–Crippen MR) is 73.8 cm³/mol. The fourth-order valence-electron chi connectivity index (χ4n) is 2.35. The van der Waals surface area contributed by atoms with Crippen molar-refractivity contribution in [3.05, 3.63) is 23.7 Å². The standard InChI is InChI=1S/C13H17NO6S/c1-2-10-3-4-11(20-10)13(17)14-5-6-21(18,19)8-9(14)7-12(15)16/h3-4,9H,2,5-8H2,1H3,(H,15,16). The topological polar surface area (TPSA) is 105 Å². The summed E-state index contributed by atoms with van der Waals surface area (Å²) in [6, 6.07) is 2.35. The van der Waals surface area contributed by atoms with Gasteiger partial charge in [-0.25, -0.2) is 8.42 Å². The van der Waals surface area contributed by atoms with Crippen LogP contribution in [0.5, 0.6) is 0 Å². The number of sulfone groups is 1. The van der Waals surface area contributed by atoms with Crippen LogP contribution in [0, 0.1) is 0 Å². The fraction of sp³-hybridized carbons (Fsp3) is 0.538. The molecular formula is C13H17NO6S. The molecule has 2 rings (SSSR count). The number of carboxylic acids is 1. The van der Waals surface area contributed by atoms with E-state index in [4.69, 9.17) is 9.52 Å². The lowest BCUT2D eigenvalue weighted by molar-refractivity contribution is -0.138. The first kappa shape index (κ1) is 15.6. The molecule has 8 heteroatoms. The van der Waals surface area contributed by atoms with E-state index in [1.54, 1.807) is 6.07 Å². The van der Waals surface area contributed by atoms with E-state index in [1.165, 1.54) is 11.0 Å². The van der Waals surface area contributed by atoms with Gasteiger partial charge < -0.3 is 14.4 Å². The summed E-state index contributed by atoms with van der Waals surface area (Å²) in [5.74, 6) is -1.32. The maximum Gasteiger partial charge on any atom is 0.305 e. The number of carbonyl (C=O) groups is 2. The van der Waals surface area contributed by atoms with Gasteiger partial charge in [-0.05, 0) is 12.1 Å². The number of amides is 1. The van der Waals surface area contributed by atoms with E-state index in [0.29, 0.717) is 12.2 Å². The Balaban J connectivity index is 2.22. The summed E-state index contributed by atoms with van der Waals surface area (Å²) >= 11 is 0. The Labute approximate surface area is 122 Å². The third-order valence-corrected chi connectivity index (χ3v) is 5.12. The monoisotopic (exact) mass is 315 g/mol. The van der Waals surface area contributed by atoms with Gasteiger partial charge in [0.05, 0.1) is 24.0 Å². The van der Waals surface area contributed by atoms with Crippen LogP contribution in [0.25, 0.3) is 0 Å². The number of carbonyl (C=O) groups excluding carboxylic acids is 1. The van der Waals surface area contributed by atoms with Gasteiger partial charge in [0.2, 0.25) is 0 Å². The van der Waals surface area contributed by atoms with E-state index < -0.39 is 34.2 Å². The Kier molecular flexibility index (Phi) is 4.36. The minimum Gasteiger partial charge on any atom is -0.481 e. The number of carboxylic acid groups (broad SMARTS) is 1. The summed E-state index contributed by atoms with van der Waals surface area (Å²) in [5, 5.41) is 8.89. The van der Waals surface area contributed by atoms with E-state index in [-0.39, 0.29) is 23.8 Å². The molecule has 7 nitrogen and oxygen atoms in total. The summed E-state index contributed by atoms with van der Waals surface area (Å²) in [7, 11) is -3.31. The number of aryl methyl sites for hydroxylation is 1. The molecule has 21 heavy (non-hydrogen) atoms. The highest BCUT2D eigenvalue weighted by Crippen LogP contribution is 2.19. The molecule has 0 radical (unpaired) electrons. The summed E-state index contributed by atoms with van der Waals surface area (Å²) in [5.41, 5.74) is 0. The number of hydrogen-bond acceptors (Lipinski definition) is 5. The molecule has 1 N–H and O–H groups in total. The summed E-state index contributed by atoms with van der Waals surface area (Å²) in [6.45, 7) is 1.87. The second-order valence-corrected chi connectivity index (χ2v) is 7.21. The number of rotatable bonds is 4. The molecule has 1 atom stereocenters. The van der Waals surface area contributed by atoms with Crippen molar-refractivity contribution in [2.24, 2.45) is 0 Å². The van der Waals surface area contributed by atoms with Crippen LogP contribution < -0.4 is 0 Å². The Morgan fingerprint density at radius 3 is 2.71 bits per heavy atom. The van der Waals surface area contributed by atoms with Gasteiger partial charge in [0, 0.05) is 13.0 Å². The average molecular weight is 315 g/mol. The highest BCUT2D eigenvalue weighted by atomic mass is 32.2. The largest absolute Gasteiger partial charge is 0.481 e. The van der Waals surface area contributed by atoms with Gasteiger partial charge in [-0.1, -0.05) is 6.92 Å². The molecule has 2 heterocycles. The summed E-state index contributed by atoms with van der Waals surface area (Å²) < 4.78 is 28.7. The smallest absolute Gasteiger partial charge is 0.305 e. The number of hydrogen-bond donors (Lipinski definition) is 1. The molecular weight excluding hydrogens is 298 g/mol. The maximum atomic E-state index is 12.4. The van der Waals surface area contributed by atoms with Crippen LogP contribution in [0.1, 0.15) is 29.7 Å². The molecule has 116 valence electrons. The molecule has 1 unspecified atom stereocenters. The fourth-order valence-corrected chi connectivity index (χ4v) is 3.87. The van der Waals surface area contributed by atoms with Crippen LogP contribution in [0.3, 0.4) is 0 Å². The SMILES string of the molecule is CCc1ccc(C(=O)N2CCS(=O)(=O)CC2CC(=O)O)o1. The Hall–Kier alpha value is -1.83. The third-order valence-electron chi connectivity index (χ3n) is 3.42. The van der Waals surface area contributed by atoms with Crippen molar-refractivity contribution < 1.29 is 27.5 Å². The molecule has 1 saturated heterocycles. The molecule has 0 saturated carbocycles. The molecule has 0 aromatic carbocycles. The van der Waals surface area contributed by atoms with Crippen molar-refractivity contribution in [2.75, 3.05) is 18.1 Å². The first-order valence-electron chi connectivity index (χ1n) is 6.64. The van der Waals surface area contributed by atoms with E-state index in [2.05, 4.69) is 0 Å². The molecule has 1 aliphatic rings. The lowest BCUT2D eigenvalue weighted by Gasteiger charge is -2.34. The molecule has 1 aromatic rings. The first-order valence-corrected chi connectivity index (χ1v) is 8.46. The number of aliphatic carboxylic acids is 1. The van der Waals surface area contributed by atoms with Crippen LogP contribution in [0.15, 0.2) is 16.5 Å². The van der Waals surface area contributed by atoms with Crippen molar-refractivity contribution in [1.29, 1.82) is 0 Å². The predicted octanol–water partition coefficient (Wildman–Crippen LogP) is 0.556. The van der Waals surface area contributed by atoms with Crippen molar-refractivity contribution >= 4 is 21.7 Å². The average Bonchev–Trinajstić information content (AvgIpc) is 2.85. The summed E-state index contributed by atoms with van der Waals surface area (Å²) in [4.78, 5) is 24.5. The first-order chi connectivity index (χ1) is 9.82. The summed E-state index contributed by atoms with van der Waals surface area (Å²) in [6.07, 6.45) is 0.243. The zero-order valence-electron chi connectivity index (χ0n) is 11.6. The Bertz CT molecular complexity index is 647. The molecule has 0 aliphatic carbocycles. The lowest BCUT2D eigenvalue weighted by atomic mass is 10.2. The van der Waals surface area contributed by atoms with E-state index in [0.717, 1.165) is 0 Å². The zero-order valence-corrected chi connectivity index (χ0v) is 12.4. The van der Waals surface area contributed by atoms with Crippen molar-refractivity contribution in [3.63, 3.8) is 0 Å². The molecule has 1 aliphatic heterocycles. The van der Waals surface area contributed by atoms with Crippen LogP contribution in [-0.2, 0) is 21.1 Å². The van der Waals surface area contributed by atoms with Crippen LogP contribution in [0.2, 0.25) is 0 Å². The van der Waals surface area contributed by atoms with Gasteiger partial charge in [-0.15, -0.1) is 0 Å².